The summed E-state index contributed by atoms with van der Waals surface area (Å²) in [7, 11) is 1.73. The van der Waals surface area contributed by atoms with Crippen LogP contribution < -0.4 is 3.71 Å². The van der Waals surface area contributed by atoms with Gasteiger partial charge in [-0.15, -0.1) is 0 Å². The van der Waals surface area contributed by atoms with Crippen LogP contribution in [0.4, 0.5) is 0 Å². The summed E-state index contributed by atoms with van der Waals surface area (Å²) in [5, 5.41) is 15.5. The predicted octanol–water partition coefficient (Wildman–Crippen LogP) is 4.37. The van der Waals surface area contributed by atoms with Gasteiger partial charge in [0.05, 0.1) is 0 Å². The molecule has 1 atom stereocenters. The molecule has 176 valence electrons. The molecular formula is C25H40N4O2Sn. The van der Waals surface area contributed by atoms with Crippen LogP contribution in [0.5, 0.6) is 0 Å². The first kappa shape index (κ1) is 25.2. The molecule has 3 rings (SSSR count). The molecular weight excluding hydrogens is 507 g/mol. The Morgan fingerprint density at radius 2 is 1.69 bits per heavy atom. The van der Waals surface area contributed by atoms with Crippen LogP contribution in [-0.2, 0) is 10.4 Å². The van der Waals surface area contributed by atoms with Gasteiger partial charge in [-0.1, -0.05) is 0 Å². The van der Waals surface area contributed by atoms with Crippen LogP contribution in [0, 0.1) is 0 Å². The quantitative estimate of drug-likeness (QED) is 0.401. The molecule has 6 nitrogen and oxygen atoms in total. The molecule has 7 heteroatoms. The molecule has 1 amide bonds. The molecule has 0 spiro atoms. The first-order valence-corrected chi connectivity index (χ1v) is 19.9. The van der Waals surface area contributed by atoms with Gasteiger partial charge in [-0.3, -0.25) is 0 Å². The number of hydrogen-bond acceptors (Lipinski definition) is 4. The number of amides is 1. The van der Waals surface area contributed by atoms with Crippen LogP contribution in [-0.4, -0.2) is 62.6 Å². The Balaban J connectivity index is 1.95. The third-order valence-electron chi connectivity index (χ3n) is 7.11. The molecule has 0 aliphatic carbocycles. The van der Waals surface area contributed by atoms with Gasteiger partial charge in [0, 0.05) is 0 Å². The molecule has 0 bridgehead atoms. The maximum atomic E-state index is 12.5. The second-order valence-electron chi connectivity index (χ2n) is 9.48. The molecule has 1 aliphatic rings. The molecule has 0 saturated carbocycles. The van der Waals surface area contributed by atoms with E-state index >= 15 is 0 Å². The van der Waals surface area contributed by atoms with E-state index in [0.29, 0.717) is 18.5 Å². The number of carbonyl (C=O) groups is 1. The van der Waals surface area contributed by atoms with Crippen molar-refractivity contribution in [3.05, 3.63) is 36.2 Å². The molecule has 32 heavy (non-hydrogen) atoms. The molecule has 1 aliphatic heterocycles. The Morgan fingerprint density at radius 3 is 2.22 bits per heavy atom. The number of aromatic nitrogens is 3. The summed E-state index contributed by atoms with van der Waals surface area (Å²) in [6.45, 7) is 7.42. The Labute approximate surface area is 197 Å². The van der Waals surface area contributed by atoms with Crippen molar-refractivity contribution >= 4 is 28.0 Å². The summed E-state index contributed by atoms with van der Waals surface area (Å²) in [5.74, 6) is 0.536. The maximum absolute atomic E-state index is 12.5. The van der Waals surface area contributed by atoms with Crippen LogP contribution in [0.3, 0.4) is 0 Å². The summed E-state index contributed by atoms with van der Waals surface area (Å²) < 4.78 is 7.20. The number of aliphatic hydroxyl groups is 1. The van der Waals surface area contributed by atoms with E-state index in [1.54, 1.807) is 29.0 Å². The monoisotopic (exact) mass is 548 g/mol. The van der Waals surface area contributed by atoms with Gasteiger partial charge in [-0.25, -0.2) is 0 Å². The predicted molar refractivity (Wildman–Crippen MR) is 132 cm³/mol. The summed E-state index contributed by atoms with van der Waals surface area (Å²) in [6.07, 6.45) is 11.4. The number of nitrogens with zero attached hydrogens (tertiary/aromatic N) is 4. The fraction of sp³-hybridized carbons (Fsp3) is 0.640. The van der Waals surface area contributed by atoms with E-state index in [9.17, 15) is 9.90 Å². The van der Waals surface area contributed by atoms with Crippen molar-refractivity contribution in [2.24, 2.45) is 0 Å². The van der Waals surface area contributed by atoms with Gasteiger partial charge in [-0.05, 0) is 0 Å². The normalized spacial score (nSPS) is 19.2. The average molecular weight is 547 g/mol. The van der Waals surface area contributed by atoms with Gasteiger partial charge in [-0.2, -0.15) is 0 Å². The molecule has 1 N–H and O–H groups in total. The van der Waals surface area contributed by atoms with Gasteiger partial charge in [0.15, 0.2) is 0 Å². The van der Waals surface area contributed by atoms with Gasteiger partial charge in [0.2, 0.25) is 0 Å². The third-order valence-corrected chi connectivity index (χ3v) is 22.2. The standard InChI is InChI=1S/C13H13N4O2.3C4H9.Sn/c1-16-7-5-13(19,12(16)18)10-8-15-17(9-10)11-4-2-3-6-14-11;3*1-3-4-2;/h2-4,8-9,19H,5,7H2,1H3;3*1,3-4H2,2H3;. The van der Waals surface area contributed by atoms with Crippen molar-refractivity contribution in [1.82, 2.24) is 19.7 Å². The average Bonchev–Trinajstić information content (AvgIpc) is 3.41. The zero-order valence-corrected chi connectivity index (χ0v) is 23.2. The van der Waals surface area contributed by atoms with Crippen molar-refractivity contribution in [1.29, 1.82) is 0 Å². The molecule has 1 fully saturated rings. The fourth-order valence-corrected chi connectivity index (χ4v) is 20.4. The number of rotatable bonds is 12. The van der Waals surface area contributed by atoms with E-state index in [1.807, 2.05) is 6.07 Å². The molecule has 2 aromatic heterocycles. The first-order chi connectivity index (χ1) is 15.4. The first-order valence-electron chi connectivity index (χ1n) is 12.4. The zero-order valence-electron chi connectivity index (χ0n) is 20.3. The summed E-state index contributed by atoms with van der Waals surface area (Å²) in [4.78, 5) is 19.3. The van der Waals surface area contributed by atoms with Crippen molar-refractivity contribution in [2.75, 3.05) is 13.6 Å². The Morgan fingerprint density at radius 1 is 1.06 bits per heavy atom. The minimum absolute atomic E-state index is 0.257. The van der Waals surface area contributed by atoms with E-state index in [1.165, 1.54) is 55.5 Å². The van der Waals surface area contributed by atoms with Crippen molar-refractivity contribution in [2.45, 2.75) is 84.6 Å². The van der Waals surface area contributed by atoms with E-state index in [0.717, 1.165) is 5.82 Å². The SMILES string of the molecule is CCC[CH2][Sn]([CH2]CCC)([CH2]CCC)[c]1cccc(-n2cc(C3(O)CCN(C)C3=O)cn2)n1. The second kappa shape index (κ2) is 11.1. The Hall–Kier alpha value is -1.41. The summed E-state index contributed by atoms with van der Waals surface area (Å²) in [5.41, 5.74) is -0.923. The van der Waals surface area contributed by atoms with Crippen molar-refractivity contribution in [3.63, 3.8) is 0 Å². The van der Waals surface area contributed by atoms with Gasteiger partial charge >= 0.3 is 198 Å². The Bertz CT molecular complexity index is 878. The van der Waals surface area contributed by atoms with Crippen LogP contribution >= 0.6 is 0 Å². The summed E-state index contributed by atoms with van der Waals surface area (Å²) in [6, 6.07) is 6.38. The molecule has 0 radical (unpaired) electrons. The van der Waals surface area contributed by atoms with Gasteiger partial charge in [0.25, 0.3) is 0 Å². The molecule has 1 saturated heterocycles. The van der Waals surface area contributed by atoms with Crippen LogP contribution in [0.1, 0.15) is 71.3 Å². The topological polar surface area (TPSA) is 71.2 Å². The molecule has 1 unspecified atom stereocenters. The molecule has 0 aromatic carbocycles. The molecule has 2 aromatic rings. The molecule has 3 heterocycles. The van der Waals surface area contributed by atoms with Crippen LogP contribution in [0.25, 0.3) is 5.82 Å². The number of likely N-dealkylation sites (tertiary alicyclic amines) is 1. The third kappa shape index (κ3) is 5.22. The minimum atomic E-state index is -2.64. The number of carbonyl (C=O) groups excluding carboxylic acids is 1. The van der Waals surface area contributed by atoms with Gasteiger partial charge < -0.3 is 0 Å². The zero-order chi connectivity index (χ0) is 23.2. The van der Waals surface area contributed by atoms with Crippen molar-refractivity contribution < 1.29 is 9.90 Å². The van der Waals surface area contributed by atoms with Crippen LogP contribution in [0.15, 0.2) is 30.6 Å². The van der Waals surface area contributed by atoms with E-state index in [-0.39, 0.29) is 5.91 Å². The van der Waals surface area contributed by atoms with E-state index in [4.69, 9.17) is 4.98 Å². The van der Waals surface area contributed by atoms with Crippen molar-refractivity contribution in [3.8, 4) is 5.82 Å². The second-order valence-corrected chi connectivity index (χ2v) is 22.5. The van der Waals surface area contributed by atoms with Crippen LogP contribution in [0.2, 0.25) is 13.3 Å². The summed E-state index contributed by atoms with van der Waals surface area (Å²) >= 11 is -2.64. The number of unbranched alkanes of at least 4 members (excludes halogenated alkanes) is 3. The van der Waals surface area contributed by atoms with Gasteiger partial charge in [0.1, 0.15) is 0 Å². The number of pyridine rings is 1. The van der Waals surface area contributed by atoms with E-state index < -0.39 is 24.0 Å². The Kier molecular flexibility index (Phi) is 8.78. The fourth-order valence-electron chi connectivity index (χ4n) is 4.93. The number of likely N-dealkylation sites (N-methyl/N-ethyl adjacent to an activating group) is 1. The van der Waals surface area contributed by atoms with E-state index in [2.05, 4.69) is 38.0 Å². The number of hydrogen-bond donors (Lipinski definition) is 1.